The molecule has 1 aromatic carbocycles. The fourth-order valence-corrected chi connectivity index (χ4v) is 1.79. The number of benzene rings is 1. The molecule has 0 bridgehead atoms. The average molecular weight is 308 g/mol. The van der Waals surface area contributed by atoms with Gasteiger partial charge in [-0.15, -0.1) is 0 Å². The predicted octanol–water partition coefficient (Wildman–Crippen LogP) is 3.14. The largest absolute Gasteiger partial charge is 0.444 e. The first-order valence-corrected chi connectivity index (χ1v) is 6.85. The van der Waals surface area contributed by atoms with E-state index in [9.17, 15) is 19.7 Å². The fourth-order valence-electron chi connectivity index (χ4n) is 1.79. The van der Waals surface area contributed by atoms with Gasteiger partial charge in [-0.3, -0.25) is 20.2 Å². The Hall–Kier alpha value is -2.44. The number of nitrogens with zero attached hydrogens (tertiary/aromatic N) is 1. The number of carbonyl (C=O) groups excluding carboxylic acids is 2. The van der Waals surface area contributed by atoms with E-state index >= 15 is 0 Å². The zero-order chi connectivity index (χ0) is 16.9. The summed E-state index contributed by atoms with van der Waals surface area (Å²) < 4.78 is 4.99. The van der Waals surface area contributed by atoms with Crippen LogP contribution in [0.15, 0.2) is 24.3 Å². The maximum atomic E-state index is 11.8. The lowest BCUT2D eigenvalue weighted by atomic mass is 9.97. The maximum Gasteiger partial charge on any atom is 0.414 e. The number of nitrogens with one attached hydrogen (secondary N) is 1. The van der Waals surface area contributed by atoms with E-state index in [4.69, 9.17) is 4.74 Å². The molecule has 0 aliphatic heterocycles. The van der Waals surface area contributed by atoms with Crippen molar-refractivity contribution in [2.75, 3.05) is 0 Å². The Labute approximate surface area is 128 Å². The van der Waals surface area contributed by atoms with E-state index in [1.54, 1.807) is 39.8 Å². The van der Waals surface area contributed by atoms with Gasteiger partial charge in [0.2, 0.25) is 5.91 Å². The number of nitro benzene ring substituents is 1. The van der Waals surface area contributed by atoms with Crippen molar-refractivity contribution in [3.05, 3.63) is 39.9 Å². The Kier molecular flexibility index (Phi) is 5.62. The van der Waals surface area contributed by atoms with Crippen LogP contribution in [0.4, 0.5) is 10.5 Å². The number of hydrogen-bond acceptors (Lipinski definition) is 5. The quantitative estimate of drug-likeness (QED) is 0.680. The summed E-state index contributed by atoms with van der Waals surface area (Å²) in [4.78, 5) is 33.4. The van der Waals surface area contributed by atoms with E-state index in [1.165, 1.54) is 12.1 Å². The molecule has 0 aromatic heterocycles. The summed E-state index contributed by atoms with van der Waals surface area (Å²) in [5.41, 5.74) is 0.105. The Balaban J connectivity index is 2.57. The van der Waals surface area contributed by atoms with E-state index in [0.29, 0.717) is 0 Å². The second-order valence-corrected chi connectivity index (χ2v) is 6.00. The lowest BCUT2D eigenvalue weighted by molar-refractivity contribution is -0.384. The maximum absolute atomic E-state index is 11.8. The van der Waals surface area contributed by atoms with Crippen LogP contribution >= 0.6 is 0 Å². The first-order valence-electron chi connectivity index (χ1n) is 6.85. The predicted molar refractivity (Wildman–Crippen MR) is 80.5 cm³/mol. The highest BCUT2D eigenvalue weighted by Gasteiger charge is 2.19. The molecule has 2 amide bonds. The minimum atomic E-state index is -0.784. The van der Waals surface area contributed by atoms with Crippen LogP contribution in [0.3, 0.4) is 0 Å². The standard InChI is InChI=1S/C15H20N2O5/c1-10(11-5-7-12(8-6-11)17(20)21)9-13(18)16-14(19)22-15(2,3)4/h5-8,10H,9H2,1-4H3,(H,16,18,19). The molecule has 120 valence electrons. The molecule has 0 aliphatic rings. The van der Waals surface area contributed by atoms with E-state index < -0.39 is 22.5 Å². The van der Waals surface area contributed by atoms with Gasteiger partial charge in [0, 0.05) is 18.6 Å². The van der Waals surface area contributed by atoms with Gasteiger partial charge in [-0.05, 0) is 32.3 Å². The van der Waals surface area contributed by atoms with Gasteiger partial charge >= 0.3 is 6.09 Å². The monoisotopic (exact) mass is 308 g/mol. The van der Waals surface area contributed by atoms with Gasteiger partial charge in [-0.1, -0.05) is 19.1 Å². The van der Waals surface area contributed by atoms with Crippen molar-refractivity contribution in [1.82, 2.24) is 5.32 Å². The fraction of sp³-hybridized carbons (Fsp3) is 0.467. The van der Waals surface area contributed by atoms with Crippen molar-refractivity contribution >= 4 is 17.7 Å². The lowest BCUT2D eigenvalue weighted by Gasteiger charge is -2.19. The molecule has 1 rings (SSSR count). The van der Waals surface area contributed by atoms with E-state index in [2.05, 4.69) is 5.32 Å². The smallest absolute Gasteiger partial charge is 0.414 e. The van der Waals surface area contributed by atoms with Crippen LogP contribution in [0.2, 0.25) is 0 Å². The van der Waals surface area contributed by atoms with Gasteiger partial charge in [-0.2, -0.15) is 0 Å². The van der Waals surface area contributed by atoms with Crippen LogP contribution in [0.5, 0.6) is 0 Å². The number of imide groups is 1. The van der Waals surface area contributed by atoms with Crippen LogP contribution in [-0.2, 0) is 9.53 Å². The molecular weight excluding hydrogens is 288 g/mol. The Morgan fingerprint density at radius 2 is 1.82 bits per heavy atom. The topological polar surface area (TPSA) is 98.5 Å². The molecule has 1 unspecified atom stereocenters. The van der Waals surface area contributed by atoms with Gasteiger partial charge < -0.3 is 4.74 Å². The van der Waals surface area contributed by atoms with Crippen LogP contribution in [0, 0.1) is 10.1 Å². The summed E-state index contributed by atoms with van der Waals surface area (Å²) in [5, 5.41) is 12.7. The molecule has 0 aliphatic carbocycles. The van der Waals surface area contributed by atoms with Crippen LogP contribution in [-0.4, -0.2) is 22.5 Å². The van der Waals surface area contributed by atoms with Crippen LogP contribution in [0.25, 0.3) is 0 Å². The highest BCUT2D eigenvalue weighted by molar-refractivity contribution is 5.92. The summed E-state index contributed by atoms with van der Waals surface area (Å²) in [6.07, 6.45) is -0.703. The van der Waals surface area contributed by atoms with Crippen LogP contribution in [0.1, 0.15) is 45.6 Å². The van der Waals surface area contributed by atoms with E-state index in [-0.39, 0.29) is 18.0 Å². The average Bonchev–Trinajstić information content (AvgIpc) is 2.35. The molecule has 1 N–H and O–H groups in total. The third-order valence-electron chi connectivity index (χ3n) is 2.80. The zero-order valence-electron chi connectivity index (χ0n) is 13.1. The molecule has 1 aromatic rings. The van der Waals surface area contributed by atoms with Gasteiger partial charge in [0.15, 0.2) is 0 Å². The van der Waals surface area contributed by atoms with Gasteiger partial charge in [-0.25, -0.2) is 4.79 Å². The molecule has 1 atom stereocenters. The molecule has 0 spiro atoms. The molecule has 0 fully saturated rings. The second kappa shape index (κ2) is 7.02. The van der Waals surface area contributed by atoms with Gasteiger partial charge in [0.1, 0.15) is 5.60 Å². The number of alkyl carbamates (subject to hydrolysis) is 1. The molecular formula is C15H20N2O5. The number of amides is 2. The Bertz CT molecular complexity index is 560. The summed E-state index contributed by atoms with van der Waals surface area (Å²) in [7, 11) is 0. The first-order chi connectivity index (χ1) is 10.1. The molecule has 0 heterocycles. The third kappa shape index (κ3) is 5.90. The number of nitro groups is 1. The molecule has 22 heavy (non-hydrogen) atoms. The van der Waals surface area contributed by atoms with Crippen molar-refractivity contribution in [2.45, 2.75) is 45.6 Å². The highest BCUT2D eigenvalue weighted by Crippen LogP contribution is 2.21. The van der Waals surface area contributed by atoms with Gasteiger partial charge in [0.05, 0.1) is 4.92 Å². The van der Waals surface area contributed by atoms with Crippen molar-refractivity contribution in [1.29, 1.82) is 0 Å². The number of hydrogen-bond donors (Lipinski definition) is 1. The number of carbonyl (C=O) groups is 2. The summed E-state index contributed by atoms with van der Waals surface area (Å²) in [6, 6.07) is 5.97. The van der Waals surface area contributed by atoms with E-state index in [0.717, 1.165) is 5.56 Å². The molecule has 7 nitrogen and oxygen atoms in total. The van der Waals surface area contributed by atoms with Crippen molar-refractivity contribution < 1.29 is 19.2 Å². The SMILES string of the molecule is CC(CC(=O)NC(=O)OC(C)(C)C)c1ccc([N+](=O)[O-])cc1. The lowest BCUT2D eigenvalue weighted by Crippen LogP contribution is -2.36. The number of ether oxygens (including phenoxy) is 1. The third-order valence-corrected chi connectivity index (χ3v) is 2.80. The second-order valence-electron chi connectivity index (χ2n) is 6.00. The molecule has 0 radical (unpaired) electrons. The minimum Gasteiger partial charge on any atom is -0.444 e. The minimum absolute atomic E-state index is 0.00541. The number of non-ortho nitro benzene ring substituents is 1. The van der Waals surface area contributed by atoms with Crippen molar-refractivity contribution in [3.8, 4) is 0 Å². The van der Waals surface area contributed by atoms with Crippen molar-refractivity contribution in [2.24, 2.45) is 0 Å². The molecule has 0 saturated carbocycles. The zero-order valence-corrected chi connectivity index (χ0v) is 13.1. The summed E-state index contributed by atoms with van der Waals surface area (Å²) in [6.45, 7) is 6.92. The summed E-state index contributed by atoms with van der Waals surface area (Å²) in [5.74, 6) is -0.636. The van der Waals surface area contributed by atoms with E-state index in [1.807, 2.05) is 0 Å². The van der Waals surface area contributed by atoms with Gasteiger partial charge in [0.25, 0.3) is 5.69 Å². The van der Waals surface area contributed by atoms with Crippen molar-refractivity contribution in [3.63, 3.8) is 0 Å². The summed E-state index contributed by atoms with van der Waals surface area (Å²) >= 11 is 0. The molecule has 7 heteroatoms. The Morgan fingerprint density at radius 3 is 2.27 bits per heavy atom. The first kappa shape index (κ1) is 17.6. The Morgan fingerprint density at radius 1 is 1.27 bits per heavy atom. The number of rotatable bonds is 4. The molecule has 0 saturated heterocycles. The van der Waals surface area contributed by atoms with Crippen LogP contribution < -0.4 is 5.32 Å². The highest BCUT2D eigenvalue weighted by atomic mass is 16.6. The normalized spacial score (nSPS) is 12.4.